The summed E-state index contributed by atoms with van der Waals surface area (Å²) >= 11 is 6.07. The second-order valence-electron chi connectivity index (χ2n) is 5.87. The molecule has 15 heavy (non-hydrogen) atoms. The highest BCUT2D eigenvalue weighted by atomic mass is 35.5. The van der Waals surface area contributed by atoms with Gasteiger partial charge < -0.3 is 0 Å². The minimum atomic E-state index is 0.416. The third-order valence-corrected chi connectivity index (χ3v) is 3.41. The first kappa shape index (κ1) is 15.3. The lowest BCUT2D eigenvalue weighted by atomic mass is 9.89. The number of halogens is 1. The van der Waals surface area contributed by atoms with Gasteiger partial charge >= 0.3 is 0 Å². The molecule has 1 heteroatoms. The number of hydrogen-bond acceptors (Lipinski definition) is 0. The summed E-state index contributed by atoms with van der Waals surface area (Å²) in [6.07, 6.45) is 10.6. The zero-order valence-corrected chi connectivity index (χ0v) is 11.9. The van der Waals surface area contributed by atoms with Crippen molar-refractivity contribution < 1.29 is 0 Å². The van der Waals surface area contributed by atoms with Crippen LogP contribution in [0.2, 0.25) is 0 Å². The molecule has 1 atom stereocenters. The predicted octanol–water partition coefficient (Wildman–Crippen LogP) is 5.78. The van der Waals surface area contributed by atoms with Gasteiger partial charge in [0.25, 0.3) is 0 Å². The van der Waals surface area contributed by atoms with Gasteiger partial charge in [0.05, 0.1) is 0 Å². The molecule has 92 valence electrons. The molecule has 1 unspecified atom stereocenters. The van der Waals surface area contributed by atoms with Crippen molar-refractivity contribution in [3.63, 3.8) is 0 Å². The second-order valence-corrected chi connectivity index (χ2v) is 6.49. The van der Waals surface area contributed by atoms with E-state index in [4.69, 9.17) is 11.6 Å². The molecule has 0 saturated heterocycles. The Bertz CT molecular complexity index is 135. The van der Waals surface area contributed by atoms with Crippen molar-refractivity contribution >= 4 is 11.6 Å². The van der Waals surface area contributed by atoms with Crippen molar-refractivity contribution in [2.45, 2.75) is 84.4 Å². The Kier molecular flexibility index (Phi) is 8.61. The lowest BCUT2D eigenvalue weighted by Gasteiger charge is -2.17. The third kappa shape index (κ3) is 12.2. The first-order chi connectivity index (χ1) is 6.95. The average molecular weight is 233 g/mol. The van der Waals surface area contributed by atoms with Crippen molar-refractivity contribution in [2.75, 3.05) is 0 Å². The summed E-state index contributed by atoms with van der Waals surface area (Å²) in [5.74, 6) is 0. The molecule has 0 rings (SSSR count). The largest absolute Gasteiger partial charge is 0.123 e. The van der Waals surface area contributed by atoms with E-state index in [-0.39, 0.29) is 0 Å². The molecule has 0 N–H and O–H groups in total. The van der Waals surface area contributed by atoms with E-state index in [9.17, 15) is 0 Å². The molecule has 0 aromatic rings. The van der Waals surface area contributed by atoms with Crippen LogP contribution in [0.1, 0.15) is 79.1 Å². The summed E-state index contributed by atoms with van der Waals surface area (Å²) in [5.41, 5.74) is 0.517. The normalized spacial score (nSPS) is 14.2. The first-order valence-corrected chi connectivity index (χ1v) is 7.03. The fourth-order valence-electron chi connectivity index (χ4n) is 1.76. The topological polar surface area (TPSA) is 0 Å². The molecule has 0 aliphatic carbocycles. The zero-order chi connectivity index (χ0) is 11.7. The Labute approximate surface area is 102 Å². The molecule has 0 bridgehead atoms. The van der Waals surface area contributed by atoms with Crippen LogP contribution in [0.3, 0.4) is 0 Å². The summed E-state index contributed by atoms with van der Waals surface area (Å²) in [6, 6.07) is 0. The molecule has 0 amide bonds. The molecular formula is C14H29Cl. The quantitative estimate of drug-likeness (QED) is 0.368. The van der Waals surface area contributed by atoms with Crippen molar-refractivity contribution in [1.82, 2.24) is 0 Å². The molecule has 0 heterocycles. The van der Waals surface area contributed by atoms with Crippen LogP contribution >= 0.6 is 11.6 Å². The molecule has 0 nitrogen and oxygen atoms in total. The van der Waals surface area contributed by atoms with Crippen molar-refractivity contribution in [3.8, 4) is 0 Å². The molecule has 0 fully saturated rings. The minimum absolute atomic E-state index is 0.416. The van der Waals surface area contributed by atoms with E-state index in [1.165, 1.54) is 44.9 Å². The molecule has 0 saturated carbocycles. The van der Waals surface area contributed by atoms with Crippen molar-refractivity contribution in [1.29, 1.82) is 0 Å². The van der Waals surface area contributed by atoms with Gasteiger partial charge in [-0.15, -0.1) is 11.6 Å². The molecule has 0 radical (unpaired) electrons. The van der Waals surface area contributed by atoms with Gasteiger partial charge in [0, 0.05) is 5.38 Å². The van der Waals surface area contributed by atoms with Gasteiger partial charge in [-0.3, -0.25) is 0 Å². The average Bonchev–Trinajstić information content (AvgIpc) is 2.14. The van der Waals surface area contributed by atoms with Gasteiger partial charge in [0.15, 0.2) is 0 Å². The van der Waals surface area contributed by atoms with Crippen LogP contribution in [-0.2, 0) is 0 Å². The summed E-state index contributed by atoms with van der Waals surface area (Å²) in [6.45, 7) is 9.14. The van der Waals surface area contributed by atoms with E-state index in [0.717, 1.165) is 6.42 Å². The van der Waals surface area contributed by atoms with E-state index in [0.29, 0.717) is 10.8 Å². The zero-order valence-electron chi connectivity index (χ0n) is 11.1. The Hall–Kier alpha value is 0.290. The van der Waals surface area contributed by atoms with E-state index in [1.807, 2.05) is 0 Å². The third-order valence-electron chi connectivity index (χ3n) is 2.89. The van der Waals surface area contributed by atoms with Crippen LogP contribution in [0.25, 0.3) is 0 Å². The molecule has 0 aromatic carbocycles. The fraction of sp³-hybridized carbons (Fsp3) is 1.00. The highest BCUT2D eigenvalue weighted by molar-refractivity contribution is 6.20. The highest BCUT2D eigenvalue weighted by Gasteiger charge is 2.08. The SMILES string of the molecule is CCC(Cl)CCCCCCCC(C)(C)C. The van der Waals surface area contributed by atoms with Gasteiger partial charge in [0.2, 0.25) is 0 Å². The number of alkyl halides is 1. The smallest absolute Gasteiger partial charge is 0.0333 e. The van der Waals surface area contributed by atoms with Crippen LogP contribution in [0.5, 0.6) is 0 Å². The van der Waals surface area contributed by atoms with Gasteiger partial charge in [-0.1, -0.05) is 59.8 Å². The Balaban J connectivity index is 3.12. The van der Waals surface area contributed by atoms with Gasteiger partial charge in [-0.2, -0.15) is 0 Å². The maximum atomic E-state index is 6.07. The minimum Gasteiger partial charge on any atom is -0.123 e. The molecular weight excluding hydrogens is 204 g/mol. The summed E-state index contributed by atoms with van der Waals surface area (Å²) in [4.78, 5) is 0. The van der Waals surface area contributed by atoms with Crippen molar-refractivity contribution in [3.05, 3.63) is 0 Å². The van der Waals surface area contributed by atoms with Crippen LogP contribution in [0.15, 0.2) is 0 Å². The monoisotopic (exact) mass is 232 g/mol. The summed E-state index contributed by atoms with van der Waals surface area (Å²) in [5, 5.41) is 0.416. The predicted molar refractivity (Wildman–Crippen MR) is 71.7 cm³/mol. The number of unbranched alkanes of at least 4 members (excludes halogenated alkanes) is 4. The van der Waals surface area contributed by atoms with Crippen molar-refractivity contribution in [2.24, 2.45) is 5.41 Å². The Morgan fingerprint density at radius 3 is 2.00 bits per heavy atom. The van der Waals surface area contributed by atoms with Gasteiger partial charge in [-0.05, 0) is 24.7 Å². The standard InChI is InChI=1S/C14H29Cl/c1-5-13(15)11-9-7-6-8-10-12-14(2,3)4/h13H,5-12H2,1-4H3. The molecule has 0 aliphatic rings. The lowest BCUT2D eigenvalue weighted by Crippen LogP contribution is -2.03. The Morgan fingerprint density at radius 2 is 1.47 bits per heavy atom. The van der Waals surface area contributed by atoms with E-state index < -0.39 is 0 Å². The second kappa shape index (κ2) is 8.44. The molecule has 0 aromatic heterocycles. The van der Waals surface area contributed by atoms with Crippen LogP contribution in [-0.4, -0.2) is 5.38 Å². The van der Waals surface area contributed by atoms with E-state index in [2.05, 4.69) is 27.7 Å². The van der Waals surface area contributed by atoms with E-state index in [1.54, 1.807) is 0 Å². The maximum absolute atomic E-state index is 6.07. The Morgan fingerprint density at radius 1 is 0.933 bits per heavy atom. The number of hydrogen-bond donors (Lipinski definition) is 0. The molecule has 0 aliphatic heterocycles. The lowest BCUT2D eigenvalue weighted by molar-refractivity contribution is 0.356. The van der Waals surface area contributed by atoms with Crippen LogP contribution in [0, 0.1) is 5.41 Å². The van der Waals surface area contributed by atoms with E-state index >= 15 is 0 Å². The van der Waals surface area contributed by atoms with Crippen LogP contribution < -0.4 is 0 Å². The van der Waals surface area contributed by atoms with Gasteiger partial charge in [0.1, 0.15) is 0 Å². The van der Waals surface area contributed by atoms with Crippen LogP contribution in [0.4, 0.5) is 0 Å². The van der Waals surface area contributed by atoms with Gasteiger partial charge in [-0.25, -0.2) is 0 Å². The maximum Gasteiger partial charge on any atom is 0.0333 e. The molecule has 0 spiro atoms. The summed E-state index contributed by atoms with van der Waals surface area (Å²) in [7, 11) is 0. The summed E-state index contributed by atoms with van der Waals surface area (Å²) < 4.78 is 0. The highest BCUT2D eigenvalue weighted by Crippen LogP contribution is 2.22. The first-order valence-electron chi connectivity index (χ1n) is 6.60. The number of rotatable bonds is 8. The fourth-order valence-corrected chi connectivity index (χ4v) is 1.91.